The van der Waals surface area contributed by atoms with Gasteiger partial charge in [0.05, 0.1) is 12.7 Å². The lowest BCUT2D eigenvalue weighted by molar-refractivity contribution is -0.132. The zero-order chi connectivity index (χ0) is 17.9. The first kappa shape index (κ1) is 17.3. The number of piperazine rings is 1. The van der Waals surface area contributed by atoms with E-state index in [9.17, 15) is 4.79 Å². The summed E-state index contributed by atoms with van der Waals surface area (Å²) >= 11 is 3.49. The molecule has 1 saturated heterocycles. The van der Waals surface area contributed by atoms with Gasteiger partial charge in [0.25, 0.3) is 0 Å². The summed E-state index contributed by atoms with van der Waals surface area (Å²) in [6, 6.07) is 16.4. The van der Waals surface area contributed by atoms with Crippen molar-refractivity contribution in [3.05, 3.63) is 70.4 Å². The van der Waals surface area contributed by atoms with E-state index in [0.29, 0.717) is 6.42 Å². The van der Waals surface area contributed by atoms with Crippen molar-refractivity contribution >= 4 is 32.8 Å². The smallest absolute Gasteiger partial charge is 0.227 e. The minimum Gasteiger partial charge on any atom is -0.464 e. The molecule has 2 heterocycles. The van der Waals surface area contributed by atoms with E-state index >= 15 is 0 Å². The minimum absolute atomic E-state index is 0.173. The van der Waals surface area contributed by atoms with Gasteiger partial charge < -0.3 is 9.32 Å². The van der Waals surface area contributed by atoms with Crippen molar-refractivity contribution in [3.63, 3.8) is 0 Å². The summed E-state index contributed by atoms with van der Waals surface area (Å²) in [5.74, 6) is 0.173. The van der Waals surface area contributed by atoms with Gasteiger partial charge in [-0.3, -0.25) is 9.69 Å². The van der Waals surface area contributed by atoms with Gasteiger partial charge in [-0.05, 0) is 23.8 Å². The van der Waals surface area contributed by atoms with Gasteiger partial charge >= 0.3 is 0 Å². The van der Waals surface area contributed by atoms with Crippen LogP contribution >= 0.6 is 15.9 Å². The Morgan fingerprint density at radius 1 is 1.04 bits per heavy atom. The summed E-state index contributed by atoms with van der Waals surface area (Å²) in [7, 11) is 0. The van der Waals surface area contributed by atoms with Crippen LogP contribution in [0.5, 0.6) is 0 Å². The van der Waals surface area contributed by atoms with E-state index in [2.05, 4.69) is 45.1 Å². The summed E-state index contributed by atoms with van der Waals surface area (Å²) in [4.78, 5) is 17.1. The van der Waals surface area contributed by atoms with Crippen molar-refractivity contribution in [3.8, 4) is 0 Å². The third-order valence-electron chi connectivity index (χ3n) is 4.93. The first-order chi connectivity index (χ1) is 12.7. The van der Waals surface area contributed by atoms with Crippen LogP contribution in [0.3, 0.4) is 0 Å². The SMILES string of the molecule is O=C(Cc1coc2ccc(Br)cc12)N1CCN(Cc2ccccc2)CC1. The normalized spacial score (nSPS) is 15.5. The second-order valence-electron chi connectivity index (χ2n) is 6.72. The highest BCUT2D eigenvalue weighted by Gasteiger charge is 2.22. The molecule has 1 aromatic heterocycles. The van der Waals surface area contributed by atoms with E-state index in [1.807, 2.05) is 29.2 Å². The summed E-state index contributed by atoms with van der Waals surface area (Å²) in [5, 5.41) is 1.01. The quantitative estimate of drug-likeness (QED) is 0.647. The fraction of sp³-hybridized carbons (Fsp3) is 0.286. The minimum atomic E-state index is 0.173. The molecule has 3 aromatic rings. The molecular weight excluding hydrogens is 392 g/mol. The molecule has 0 aliphatic carbocycles. The maximum Gasteiger partial charge on any atom is 0.227 e. The maximum atomic E-state index is 12.7. The molecule has 4 rings (SSSR count). The predicted molar refractivity (Wildman–Crippen MR) is 106 cm³/mol. The third-order valence-corrected chi connectivity index (χ3v) is 5.42. The molecule has 26 heavy (non-hydrogen) atoms. The van der Waals surface area contributed by atoms with E-state index in [1.54, 1.807) is 6.26 Å². The second-order valence-corrected chi connectivity index (χ2v) is 7.64. The molecule has 4 nitrogen and oxygen atoms in total. The fourth-order valence-corrected chi connectivity index (χ4v) is 3.82. The molecule has 134 valence electrons. The number of hydrogen-bond acceptors (Lipinski definition) is 3. The zero-order valence-corrected chi connectivity index (χ0v) is 16.1. The van der Waals surface area contributed by atoms with Crippen molar-refractivity contribution in [2.45, 2.75) is 13.0 Å². The molecule has 0 saturated carbocycles. The second kappa shape index (κ2) is 7.64. The molecule has 1 fully saturated rings. The van der Waals surface area contributed by atoms with Crippen LogP contribution in [-0.2, 0) is 17.8 Å². The van der Waals surface area contributed by atoms with Crippen molar-refractivity contribution < 1.29 is 9.21 Å². The third kappa shape index (κ3) is 3.84. The Kier molecular flexibility index (Phi) is 5.09. The van der Waals surface area contributed by atoms with Crippen molar-refractivity contribution in [2.75, 3.05) is 26.2 Å². The summed E-state index contributed by atoms with van der Waals surface area (Å²) in [6.45, 7) is 4.34. The first-order valence-corrected chi connectivity index (χ1v) is 9.68. The van der Waals surface area contributed by atoms with Crippen LogP contribution in [0.4, 0.5) is 0 Å². The lowest BCUT2D eigenvalue weighted by atomic mass is 10.1. The number of hydrogen-bond donors (Lipinski definition) is 0. The van der Waals surface area contributed by atoms with Crippen LogP contribution < -0.4 is 0 Å². The number of carbonyl (C=O) groups is 1. The average molecular weight is 413 g/mol. The number of amides is 1. The van der Waals surface area contributed by atoms with Crippen molar-refractivity contribution in [1.29, 1.82) is 0 Å². The molecule has 0 atom stereocenters. The summed E-state index contributed by atoms with van der Waals surface area (Å²) in [5.41, 5.74) is 3.10. The van der Waals surface area contributed by atoms with Crippen LogP contribution in [0, 0.1) is 0 Å². The molecule has 1 aliphatic rings. The summed E-state index contributed by atoms with van der Waals surface area (Å²) in [6.07, 6.45) is 2.10. The van der Waals surface area contributed by atoms with E-state index < -0.39 is 0 Å². The van der Waals surface area contributed by atoms with E-state index in [0.717, 1.165) is 53.7 Å². The Morgan fingerprint density at radius 2 is 1.81 bits per heavy atom. The number of furan rings is 1. The Bertz CT molecular complexity index is 899. The lowest BCUT2D eigenvalue weighted by Gasteiger charge is -2.34. The van der Waals surface area contributed by atoms with Crippen LogP contribution in [0.25, 0.3) is 11.0 Å². The van der Waals surface area contributed by atoms with E-state index in [1.165, 1.54) is 5.56 Å². The van der Waals surface area contributed by atoms with Crippen molar-refractivity contribution in [1.82, 2.24) is 9.80 Å². The molecule has 0 bridgehead atoms. The largest absolute Gasteiger partial charge is 0.464 e. The number of halogens is 1. The highest BCUT2D eigenvalue weighted by Crippen LogP contribution is 2.25. The highest BCUT2D eigenvalue weighted by atomic mass is 79.9. The Morgan fingerprint density at radius 3 is 2.58 bits per heavy atom. The van der Waals surface area contributed by atoms with Crippen molar-refractivity contribution in [2.24, 2.45) is 0 Å². The molecule has 1 amide bonds. The van der Waals surface area contributed by atoms with E-state index in [4.69, 9.17) is 4.42 Å². The average Bonchev–Trinajstić information content (AvgIpc) is 3.05. The predicted octanol–water partition coefficient (Wildman–Crippen LogP) is 4.08. The van der Waals surface area contributed by atoms with E-state index in [-0.39, 0.29) is 5.91 Å². The number of fused-ring (bicyclic) bond motifs is 1. The number of carbonyl (C=O) groups excluding carboxylic acids is 1. The van der Waals surface area contributed by atoms with Crippen LogP contribution in [0.1, 0.15) is 11.1 Å². The Balaban J connectivity index is 1.35. The van der Waals surface area contributed by atoms with Gasteiger partial charge in [-0.25, -0.2) is 0 Å². The van der Waals surface area contributed by atoms with Crippen LogP contribution in [0.15, 0.2) is 63.7 Å². The molecule has 1 aliphatic heterocycles. The first-order valence-electron chi connectivity index (χ1n) is 8.89. The summed E-state index contributed by atoms with van der Waals surface area (Å²) < 4.78 is 6.57. The van der Waals surface area contributed by atoms with Gasteiger partial charge in [-0.2, -0.15) is 0 Å². The van der Waals surface area contributed by atoms with Gasteiger partial charge in [-0.1, -0.05) is 46.3 Å². The zero-order valence-electron chi connectivity index (χ0n) is 14.5. The molecule has 0 radical (unpaired) electrons. The Labute approximate surface area is 161 Å². The van der Waals surface area contributed by atoms with Crippen LogP contribution in [-0.4, -0.2) is 41.9 Å². The number of rotatable bonds is 4. The topological polar surface area (TPSA) is 36.7 Å². The van der Waals surface area contributed by atoms with Gasteiger partial charge in [-0.15, -0.1) is 0 Å². The van der Waals surface area contributed by atoms with Gasteiger partial charge in [0.15, 0.2) is 0 Å². The number of nitrogens with zero attached hydrogens (tertiary/aromatic N) is 2. The van der Waals surface area contributed by atoms with Crippen LogP contribution in [0.2, 0.25) is 0 Å². The number of benzene rings is 2. The highest BCUT2D eigenvalue weighted by molar-refractivity contribution is 9.10. The molecule has 2 aromatic carbocycles. The molecule has 0 N–H and O–H groups in total. The van der Waals surface area contributed by atoms with Gasteiger partial charge in [0.1, 0.15) is 5.58 Å². The van der Waals surface area contributed by atoms with Gasteiger partial charge in [0, 0.05) is 48.1 Å². The molecule has 0 unspecified atom stereocenters. The lowest BCUT2D eigenvalue weighted by Crippen LogP contribution is -2.48. The molecule has 5 heteroatoms. The molecule has 0 spiro atoms. The standard InChI is InChI=1S/C21H21BrN2O2/c22-18-6-7-20-19(13-18)17(15-26-20)12-21(25)24-10-8-23(9-11-24)14-16-4-2-1-3-5-16/h1-7,13,15H,8-12,14H2. The maximum absolute atomic E-state index is 12.7. The Hall–Kier alpha value is -2.11. The fourth-order valence-electron chi connectivity index (χ4n) is 3.46. The van der Waals surface area contributed by atoms with Gasteiger partial charge in [0.2, 0.25) is 5.91 Å². The molecular formula is C21H21BrN2O2. The monoisotopic (exact) mass is 412 g/mol.